The minimum Gasteiger partial charge on any atom is -0.476 e. The third kappa shape index (κ3) is 2.32. The molecule has 2 aliphatic rings. The van der Waals surface area contributed by atoms with Crippen LogP contribution in [0.1, 0.15) is 24.0 Å². The van der Waals surface area contributed by atoms with Crippen LogP contribution in [0.15, 0.2) is 48.7 Å². The molecule has 3 heterocycles. The van der Waals surface area contributed by atoms with Crippen LogP contribution < -0.4 is 4.74 Å². The molecule has 0 atom stereocenters. The molecule has 0 saturated carbocycles. The predicted octanol–water partition coefficient (Wildman–Crippen LogP) is 3.01. The van der Waals surface area contributed by atoms with Gasteiger partial charge in [0, 0.05) is 23.7 Å². The van der Waals surface area contributed by atoms with Crippen LogP contribution in [0, 0.1) is 0 Å². The Morgan fingerprint density at radius 2 is 1.86 bits per heavy atom. The van der Waals surface area contributed by atoms with E-state index in [1.165, 1.54) is 24.0 Å². The minimum absolute atomic E-state index is 0.205. The maximum absolute atomic E-state index is 5.82. The minimum atomic E-state index is 0.205. The Morgan fingerprint density at radius 1 is 1.05 bits per heavy atom. The molecule has 2 aliphatic heterocycles. The first-order chi connectivity index (χ1) is 10.4. The van der Waals surface area contributed by atoms with E-state index < -0.39 is 0 Å². The molecule has 3 heteroatoms. The van der Waals surface area contributed by atoms with E-state index >= 15 is 0 Å². The van der Waals surface area contributed by atoms with Crippen LogP contribution >= 0.6 is 0 Å². The van der Waals surface area contributed by atoms with Gasteiger partial charge in [-0.2, -0.15) is 0 Å². The van der Waals surface area contributed by atoms with Crippen LogP contribution in [0.25, 0.3) is 0 Å². The summed E-state index contributed by atoms with van der Waals surface area (Å²) >= 11 is 0. The highest BCUT2D eigenvalue weighted by Gasteiger charge is 2.43. The van der Waals surface area contributed by atoms with E-state index in [1.54, 1.807) is 0 Å². The summed E-state index contributed by atoms with van der Waals surface area (Å²) in [6.45, 7) is 4.12. The van der Waals surface area contributed by atoms with E-state index in [4.69, 9.17) is 4.74 Å². The first kappa shape index (κ1) is 12.8. The molecule has 3 nitrogen and oxygen atoms in total. The van der Waals surface area contributed by atoms with E-state index in [2.05, 4.69) is 46.3 Å². The number of hydrogen-bond donors (Lipinski definition) is 0. The molecule has 0 amide bonds. The molecule has 1 spiro atoms. The van der Waals surface area contributed by atoms with Gasteiger partial charge in [-0.25, -0.2) is 4.98 Å². The molecule has 1 aromatic carbocycles. The average Bonchev–Trinajstić information content (AvgIpc) is 2.90. The van der Waals surface area contributed by atoms with Crippen molar-refractivity contribution in [1.29, 1.82) is 0 Å². The second kappa shape index (κ2) is 5.15. The third-order valence-electron chi connectivity index (χ3n) is 4.89. The number of rotatable bonds is 2. The Bertz CT molecular complexity index is 618. The second-order valence-electron chi connectivity index (χ2n) is 6.19. The number of likely N-dealkylation sites (tertiary alicyclic amines) is 1. The largest absolute Gasteiger partial charge is 0.476 e. The van der Waals surface area contributed by atoms with Gasteiger partial charge in [0.25, 0.3) is 0 Å². The van der Waals surface area contributed by atoms with E-state index in [0.717, 1.165) is 32.1 Å². The number of benzene rings is 1. The Kier molecular flexibility index (Phi) is 3.15. The fourth-order valence-electron chi connectivity index (χ4n) is 3.59. The fourth-order valence-corrected chi connectivity index (χ4v) is 3.59. The van der Waals surface area contributed by atoms with Gasteiger partial charge >= 0.3 is 0 Å². The van der Waals surface area contributed by atoms with Crippen molar-refractivity contribution in [2.75, 3.05) is 19.7 Å². The predicted molar refractivity (Wildman–Crippen MR) is 82.4 cm³/mol. The van der Waals surface area contributed by atoms with Crippen LogP contribution in [0.2, 0.25) is 0 Å². The summed E-state index contributed by atoms with van der Waals surface area (Å²) in [6, 6.07) is 15.0. The van der Waals surface area contributed by atoms with Gasteiger partial charge < -0.3 is 4.74 Å². The average molecular weight is 280 g/mol. The van der Waals surface area contributed by atoms with Crippen molar-refractivity contribution in [1.82, 2.24) is 9.88 Å². The molecule has 0 radical (unpaired) electrons. The quantitative estimate of drug-likeness (QED) is 0.845. The molecule has 0 aliphatic carbocycles. The third-order valence-corrected chi connectivity index (χ3v) is 4.89. The molecule has 1 fully saturated rings. The Balaban J connectivity index is 1.46. The van der Waals surface area contributed by atoms with Gasteiger partial charge in [-0.15, -0.1) is 0 Å². The molecule has 0 unspecified atom stereocenters. The summed E-state index contributed by atoms with van der Waals surface area (Å²) in [5, 5.41) is 0. The van der Waals surface area contributed by atoms with Gasteiger partial charge in [0.2, 0.25) is 5.88 Å². The maximum atomic E-state index is 5.82. The molecule has 0 N–H and O–H groups in total. The Labute approximate surface area is 125 Å². The van der Waals surface area contributed by atoms with Crippen LogP contribution in [-0.4, -0.2) is 29.6 Å². The first-order valence-electron chi connectivity index (χ1n) is 7.70. The summed E-state index contributed by atoms with van der Waals surface area (Å²) in [5.41, 5.74) is 2.93. The van der Waals surface area contributed by atoms with Gasteiger partial charge in [-0.3, -0.25) is 4.90 Å². The van der Waals surface area contributed by atoms with Gasteiger partial charge in [-0.1, -0.05) is 36.4 Å². The number of aromatic nitrogens is 1. The summed E-state index contributed by atoms with van der Waals surface area (Å²) in [4.78, 5) is 6.91. The topological polar surface area (TPSA) is 25.4 Å². The standard InChI is InChI=1S/C18H20N2O/c1-2-5-15(6-3-1)13-20-11-8-18(9-12-20)14-21-17-16(18)7-4-10-19-17/h1-7,10H,8-9,11-14H2. The number of pyridine rings is 1. The van der Waals surface area contributed by atoms with Crippen LogP contribution in [0.5, 0.6) is 5.88 Å². The van der Waals surface area contributed by atoms with Crippen LogP contribution in [0.3, 0.4) is 0 Å². The van der Waals surface area contributed by atoms with Gasteiger partial charge in [-0.05, 0) is 37.6 Å². The van der Waals surface area contributed by atoms with Crippen molar-refractivity contribution in [2.24, 2.45) is 0 Å². The van der Waals surface area contributed by atoms with Gasteiger partial charge in [0.1, 0.15) is 0 Å². The monoisotopic (exact) mass is 280 g/mol. The van der Waals surface area contributed by atoms with Gasteiger partial charge in [0.05, 0.1) is 6.61 Å². The molecule has 0 bridgehead atoms. The zero-order chi connectivity index (χ0) is 14.1. The van der Waals surface area contributed by atoms with E-state index in [0.29, 0.717) is 0 Å². The van der Waals surface area contributed by atoms with E-state index in [-0.39, 0.29) is 5.41 Å². The number of ether oxygens (including phenoxy) is 1. The van der Waals surface area contributed by atoms with Crippen molar-refractivity contribution in [2.45, 2.75) is 24.8 Å². The molecule has 2 aromatic rings. The lowest BCUT2D eigenvalue weighted by molar-refractivity contribution is 0.130. The second-order valence-corrected chi connectivity index (χ2v) is 6.19. The smallest absolute Gasteiger partial charge is 0.217 e. The highest BCUT2D eigenvalue weighted by Crippen LogP contribution is 2.44. The lowest BCUT2D eigenvalue weighted by Crippen LogP contribution is -2.43. The highest BCUT2D eigenvalue weighted by atomic mass is 16.5. The maximum Gasteiger partial charge on any atom is 0.217 e. The van der Waals surface area contributed by atoms with E-state index in [9.17, 15) is 0 Å². The molecular formula is C18H20N2O. The molecule has 1 aromatic heterocycles. The lowest BCUT2D eigenvalue weighted by Gasteiger charge is -2.38. The number of fused-ring (bicyclic) bond motifs is 2. The van der Waals surface area contributed by atoms with Crippen LogP contribution in [-0.2, 0) is 12.0 Å². The molecule has 1 saturated heterocycles. The molecule has 4 rings (SSSR count). The Hall–Kier alpha value is -1.87. The fraction of sp³-hybridized carbons (Fsp3) is 0.389. The zero-order valence-corrected chi connectivity index (χ0v) is 12.2. The van der Waals surface area contributed by atoms with Crippen molar-refractivity contribution < 1.29 is 4.74 Å². The highest BCUT2D eigenvalue weighted by molar-refractivity contribution is 5.38. The number of hydrogen-bond acceptors (Lipinski definition) is 3. The zero-order valence-electron chi connectivity index (χ0n) is 12.2. The Morgan fingerprint density at radius 3 is 2.67 bits per heavy atom. The van der Waals surface area contributed by atoms with Crippen molar-refractivity contribution >= 4 is 0 Å². The lowest BCUT2D eigenvalue weighted by atomic mass is 9.75. The van der Waals surface area contributed by atoms with Crippen molar-refractivity contribution in [3.05, 3.63) is 59.8 Å². The SMILES string of the molecule is c1ccc(CN2CCC3(CC2)COc2ncccc23)cc1. The molecule has 108 valence electrons. The van der Waals surface area contributed by atoms with Crippen LogP contribution in [0.4, 0.5) is 0 Å². The number of piperidine rings is 1. The first-order valence-corrected chi connectivity index (χ1v) is 7.70. The summed E-state index contributed by atoms with van der Waals surface area (Å²) in [7, 11) is 0. The van der Waals surface area contributed by atoms with Gasteiger partial charge in [0.15, 0.2) is 0 Å². The summed E-state index contributed by atoms with van der Waals surface area (Å²) in [6.07, 6.45) is 4.15. The summed E-state index contributed by atoms with van der Waals surface area (Å²) < 4.78 is 5.82. The molecule has 21 heavy (non-hydrogen) atoms. The van der Waals surface area contributed by atoms with Crippen molar-refractivity contribution in [3.63, 3.8) is 0 Å². The van der Waals surface area contributed by atoms with E-state index in [1.807, 2.05) is 12.3 Å². The molecular weight excluding hydrogens is 260 g/mol. The van der Waals surface area contributed by atoms with Crippen molar-refractivity contribution in [3.8, 4) is 5.88 Å². The normalized spacial score (nSPS) is 20.2. The number of nitrogens with zero attached hydrogens (tertiary/aromatic N) is 2. The summed E-state index contributed by atoms with van der Waals surface area (Å²) in [5.74, 6) is 0.856.